The molecule has 79 valence electrons. The molecule has 0 aromatic heterocycles. The van der Waals surface area contributed by atoms with E-state index in [9.17, 15) is 0 Å². The van der Waals surface area contributed by atoms with Crippen LogP contribution in [0.3, 0.4) is 0 Å². The largest absolute Gasteiger partial charge is 0.214 e. The van der Waals surface area contributed by atoms with Crippen LogP contribution in [0.2, 0.25) is 0 Å². The zero-order valence-corrected chi connectivity index (χ0v) is 10.9. The molecular formula is C10H22NS2. The SMILES string of the molecule is CCCSC(C)[N]C(C)SCCC. The molecule has 2 unspecified atom stereocenters. The Hall–Kier alpha value is 0.660. The molecule has 0 amide bonds. The summed E-state index contributed by atoms with van der Waals surface area (Å²) in [4.78, 5) is 0. The van der Waals surface area contributed by atoms with E-state index in [2.05, 4.69) is 33.0 Å². The van der Waals surface area contributed by atoms with Crippen molar-refractivity contribution in [2.24, 2.45) is 0 Å². The monoisotopic (exact) mass is 220 g/mol. The molecule has 0 aliphatic rings. The first-order valence-electron chi connectivity index (χ1n) is 5.13. The maximum atomic E-state index is 4.68. The molecule has 0 bridgehead atoms. The van der Waals surface area contributed by atoms with Gasteiger partial charge in [-0.15, -0.1) is 23.5 Å². The van der Waals surface area contributed by atoms with Gasteiger partial charge < -0.3 is 0 Å². The van der Waals surface area contributed by atoms with Crippen LogP contribution in [0.15, 0.2) is 0 Å². The second-order valence-corrected chi connectivity index (χ2v) is 5.94. The zero-order valence-electron chi connectivity index (χ0n) is 9.25. The van der Waals surface area contributed by atoms with Gasteiger partial charge in [-0.25, -0.2) is 5.32 Å². The van der Waals surface area contributed by atoms with Crippen LogP contribution in [0.4, 0.5) is 0 Å². The lowest BCUT2D eigenvalue weighted by molar-refractivity contribution is 0.665. The minimum atomic E-state index is 0.472. The Labute approximate surface area is 91.8 Å². The number of hydrogen-bond acceptors (Lipinski definition) is 2. The third-order valence-electron chi connectivity index (χ3n) is 1.55. The summed E-state index contributed by atoms with van der Waals surface area (Å²) in [6.45, 7) is 8.83. The normalized spacial score (nSPS) is 15.7. The minimum absolute atomic E-state index is 0.472. The molecular weight excluding hydrogens is 198 g/mol. The Balaban J connectivity index is 3.35. The summed E-state index contributed by atoms with van der Waals surface area (Å²) in [6, 6.07) is 0. The summed E-state index contributed by atoms with van der Waals surface area (Å²) in [5.41, 5.74) is 0. The van der Waals surface area contributed by atoms with Crippen LogP contribution in [0, 0.1) is 0 Å². The van der Waals surface area contributed by atoms with Crippen molar-refractivity contribution in [1.82, 2.24) is 5.32 Å². The molecule has 0 fully saturated rings. The molecule has 0 aromatic carbocycles. The molecule has 0 spiro atoms. The van der Waals surface area contributed by atoms with Gasteiger partial charge in [0.15, 0.2) is 0 Å². The van der Waals surface area contributed by atoms with Crippen molar-refractivity contribution in [3.63, 3.8) is 0 Å². The van der Waals surface area contributed by atoms with E-state index in [0.29, 0.717) is 10.7 Å². The van der Waals surface area contributed by atoms with Crippen molar-refractivity contribution >= 4 is 23.5 Å². The van der Waals surface area contributed by atoms with E-state index in [1.54, 1.807) is 0 Å². The number of hydrogen-bond donors (Lipinski definition) is 0. The summed E-state index contributed by atoms with van der Waals surface area (Å²) < 4.78 is 0. The second kappa shape index (κ2) is 9.22. The molecule has 13 heavy (non-hydrogen) atoms. The van der Waals surface area contributed by atoms with Gasteiger partial charge in [-0.3, -0.25) is 0 Å². The van der Waals surface area contributed by atoms with Gasteiger partial charge in [0.25, 0.3) is 0 Å². The maximum Gasteiger partial charge on any atom is 0.0683 e. The summed E-state index contributed by atoms with van der Waals surface area (Å²) in [7, 11) is 0. The highest BCUT2D eigenvalue weighted by Crippen LogP contribution is 2.16. The van der Waals surface area contributed by atoms with E-state index in [0.717, 1.165) is 0 Å². The molecule has 2 atom stereocenters. The van der Waals surface area contributed by atoms with Gasteiger partial charge in [-0.2, -0.15) is 0 Å². The van der Waals surface area contributed by atoms with Crippen LogP contribution in [0.25, 0.3) is 0 Å². The summed E-state index contributed by atoms with van der Waals surface area (Å²) >= 11 is 3.92. The second-order valence-electron chi connectivity index (χ2n) is 3.09. The van der Waals surface area contributed by atoms with E-state index in [1.807, 2.05) is 23.5 Å². The van der Waals surface area contributed by atoms with Crippen molar-refractivity contribution in [2.45, 2.75) is 51.3 Å². The van der Waals surface area contributed by atoms with E-state index < -0.39 is 0 Å². The lowest BCUT2D eigenvalue weighted by atomic mass is 10.6. The van der Waals surface area contributed by atoms with E-state index in [1.165, 1.54) is 24.3 Å². The zero-order chi connectivity index (χ0) is 10.1. The molecule has 0 aromatic rings. The fraction of sp³-hybridized carbons (Fsp3) is 1.00. The fourth-order valence-electron chi connectivity index (χ4n) is 0.959. The first kappa shape index (κ1) is 13.7. The first-order valence-corrected chi connectivity index (χ1v) is 7.23. The highest BCUT2D eigenvalue weighted by atomic mass is 32.2. The number of nitrogens with zero attached hydrogens (tertiary/aromatic N) is 1. The highest BCUT2D eigenvalue weighted by Gasteiger charge is 2.08. The Kier molecular flexibility index (Phi) is 9.69. The fourth-order valence-corrected chi connectivity index (χ4v) is 2.73. The van der Waals surface area contributed by atoms with Crippen LogP contribution >= 0.6 is 23.5 Å². The van der Waals surface area contributed by atoms with Gasteiger partial charge in [0.1, 0.15) is 0 Å². The predicted octanol–water partition coefficient (Wildman–Crippen LogP) is 3.57. The van der Waals surface area contributed by atoms with E-state index in [-0.39, 0.29) is 0 Å². The standard InChI is InChI=1S/C10H22NS2/c1-5-7-12-9(3)11-10(4)13-8-6-2/h9-10H,5-8H2,1-4H3. The molecule has 0 heterocycles. The Bertz CT molecular complexity index is 97.1. The van der Waals surface area contributed by atoms with Crippen molar-refractivity contribution in [1.29, 1.82) is 0 Å². The lowest BCUT2D eigenvalue weighted by Gasteiger charge is -2.16. The number of rotatable bonds is 8. The maximum absolute atomic E-state index is 4.68. The van der Waals surface area contributed by atoms with Crippen LogP contribution in [0.1, 0.15) is 40.5 Å². The molecule has 0 aliphatic carbocycles. The van der Waals surface area contributed by atoms with Crippen LogP contribution in [0.5, 0.6) is 0 Å². The average Bonchev–Trinajstić information content (AvgIpc) is 2.11. The van der Waals surface area contributed by atoms with Gasteiger partial charge in [-0.05, 0) is 38.2 Å². The smallest absolute Gasteiger partial charge is 0.0683 e. The molecule has 0 saturated carbocycles. The molecule has 0 saturated heterocycles. The van der Waals surface area contributed by atoms with Crippen molar-refractivity contribution in [3.05, 3.63) is 0 Å². The minimum Gasteiger partial charge on any atom is -0.214 e. The van der Waals surface area contributed by atoms with Gasteiger partial charge in [-0.1, -0.05) is 13.8 Å². The van der Waals surface area contributed by atoms with E-state index in [4.69, 9.17) is 0 Å². The van der Waals surface area contributed by atoms with Crippen LogP contribution in [-0.2, 0) is 0 Å². The topological polar surface area (TPSA) is 14.1 Å². The van der Waals surface area contributed by atoms with Gasteiger partial charge in [0, 0.05) is 0 Å². The van der Waals surface area contributed by atoms with Crippen molar-refractivity contribution in [3.8, 4) is 0 Å². The van der Waals surface area contributed by atoms with Crippen molar-refractivity contribution < 1.29 is 0 Å². The molecule has 1 radical (unpaired) electrons. The van der Waals surface area contributed by atoms with Crippen LogP contribution < -0.4 is 5.32 Å². The Morgan fingerprint density at radius 1 is 0.923 bits per heavy atom. The highest BCUT2D eigenvalue weighted by molar-refractivity contribution is 8.00. The quantitative estimate of drug-likeness (QED) is 0.621. The van der Waals surface area contributed by atoms with Gasteiger partial charge >= 0.3 is 0 Å². The third kappa shape index (κ3) is 8.98. The average molecular weight is 220 g/mol. The molecule has 1 nitrogen and oxygen atoms in total. The van der Waals surface area contributed by atoms with Crippen molar-refractivity contribution in [2.75, 3.05) is 11.5 Å². The Morgan fingerprint density at radius 3 is 1.62 bits per heavy atom. The first-order chi connectivity index (χ1) is 6.20. The van der Waals surface area contributed by atoms with Gasteiger partial charge in [0.05, 0.1) is 10.7 Å². The Morgan fingerprint density at radius 2 is 1.31 bits per heavy atom. The van der Waals surface area contributed by atoms with Crippen LogP contribution in [-0.4, -0.2) is 22.3 Å². The number of thioether (sulfide) groups is 2. The molecule has 0 N–H and O–H groups in total. The lowest BCUT2D eigenvalue weighted by Crippen LogP contribution is -2.22. The van der Waals surface area contributed by atoms with Gasteiger partial charge in [0.2, 0.25) is 0 Å². The summed E-state index contributed by atoms with van der Waals surface area (Å²) in [6.07, 6.45) is 2.50. The molecule has 0 rings (SSSR count). The predicted molar refractivity (Wildman–Crippen MR) is 66.6 cm³/mol. The molecule has 0 aliphatic heterocycles. The summed E-state index contributed by atoms with van der Waals surface area (Å²) in [5, 5.41) is 5.62. The molecule has 3 heteroatoms. The van der Waals surface area contributed by atoms with E-state index >= 15 is 0 Å². The third-order valence-corrected chi connectivity index (χ3v) is 4.04. The summed E-state index contributed by atoms with van der Waals surface area (Å²) in [5.74, 6) is 2.46.